The third-order valence-corrected chi connectivity index (χ3v) is 6.59. The number of carboxylic acids is 2. The van der Waals surface area contributed by atoms with Crippen molar-refractivity contribution in [2.45, 2.75) is 6.92 Å². The van der Waals surface area contributed by atoms with Crippen LogP contribution in [0.1, 0.15) is 12.5 Å². The molecule has 1 fully saturated rings. The molecule has 0 unspecified atom stereocenters. The summed E-state index contributed by atoms with van der Waals surface area (Å²) in [5, 5.41) is 19.2. The van der Waals surface area contributed by atoms with Crippen LogP contribution in [0.2, 0.25) is 0 Å². The third-order valence-electron chi connectivity index (χ3n) is 6.59. The van der Waals surface area contributed by atoms with Crippen LogP contribution >= 0.6 is 0 Å². The summed E-state index contributed by atoms with van der Waals surface area (Å²) >= 11 is 0. The molecule has 13 nitrogen and oxygen atoms in total. The van der Waals surface area contributed by atoms with Gasteiger partial charge in [-0.25, -0.2) is 18.8 Å². The lowest BCUT2D eigenvalue weighted by Gasteiger charge is -2.34. The highest BCUT2D eigenvalue weighted by Gasteiger charge is 2.19. The lowest BCUT2D eigenvalue weighted by Crippen LogP contribution is -2.44. The Kier molecular flexibility index (Phi) is 10.4. The van der Waals surface area contributed by atoms with Crippen molar-refractivity contribution in [3.8, 4) is 11.6 Å². The number of fused-ring (bicyclic) bond motifs is 1. The van der Waals surface area contributed by atoms with Crippen molar-refractivity contribution in [1.29, 1.82) is 0 Å². The van der Waals surface area contributed by atoms with Gasteiger partial charge in [-0.05, 0) is 55.9 Å². The van der Waals surface area contributed by atoms with E-state index in [0.717, 1.165) is 31.7 Å². The van der Waals surface area contributed by atoms with Crippen LogP contribution in [0.5, 0.6) is 11.6 Å². The van der Waals surface area contributed by atoms with Crippen LogP contribution in [0.4, 0.5) is 26.5 Å². The fraction of sp³-hybridized carbons (Fsp3) is 0.194. The Hall–Kier alpha value is -5.76. The van der Waals surface area contributed by atoms with E-state index in [4.69, 9.17) is 20.7 Å². The van der Waals surface area contributed by atoms with E-state index in [9.17, 15) is 14.4 Å². The number of carboxylic acid groups (broad SMARTS) is 2. The fourth-order valence-electron chi connectivity index (χ4n) is 4.44. The Labute approximate surface area is 257 Å². The molecule has 1 aliphatic rings. The molecular formula is C31H32FN7O6. The van der Waals surface area contributed by atoms with E-state index in [2.05, 4.69) is 27.2 Å². The van der Waals surface area contributed by atoms with E-state index in [1.165, 1.54) is 16.8 Å². The molecule has 2 aromatic heterocycles. The number of aromatic nitrogens is 3. The summed E-state index contributed by atoms with van der Waals surface area (Å²) in [6.07, 6.45) is 6.52. The molecule has 0 bridgehead atoms. The molecule has 2 aromatic carbocycles. The number of nitrogens with one attached hydrogen (secondary N) is 1. The summed E-state index contributed by atoms with van der Waals surface area (Å²) in [6, 6.07) is 13.4. The second-order valence-corrected chi connectivity index (χ2v) is 9.88. The normalized spacial score (nSPS) is 13.5. The SMILES string of the molecule is C/C=C/c1cccc(Oc2nc(Nc3ccc(N4CCN(C)CC4)c(F)c3)nc3c2ccn3C(N)=O)c1.O=C(O)/C=C\C(=O)O. The van der Waals surface area contributed by atoms with Gasteiger partial charge < -0.3 is 35.8 Å². The van der Waals surface area contributed by atoms with Gasteiger partial charge in [0.2, 0.25) is 11.8 Å². The number of nitrogens with two attached hydrogens (primary N) is 1. The van der Waals surface area contributed by atoms with Gasteiger partial charge in [0.25, 0.3) is 0 Å². The van der Waals surface area contributed by atoms with E-state index in [0.29, 0.717) is 34.7 Å². The number of nitrogens with zero attached hydrogens (tertiary/aromatic N) is 5. The Morgan fingerprint density at radius 2 is 1.71 bits per heavy atom. The molecule has 4 aromatic rings. The second-order valence-electron chi connectivity index (χ2n) is 9.88. The first kappa shape index (κ1) is 32.2. The van der Waals surface area contributed by atoms with Crippen molar-refractivity contribution in [2.24, 2.45) is 5.73 Å². The number of hydrogen-bond donors (Lipinski definition) is 4. The molecule has 0 spiro atoms. The van der Waals surface area contributed by atoms with Gasteiger partial charge >= 0.3 is 18.0 Å². The molecule has 0 radical (unpaired) electrons. The number of benzene rings is 2. The van der Waals surface area contributed by atoms with E-state index in [-0.39, 0.29) is 23.3 Å². The smallest absolute Gasteiger partial charge is 0.328 e. The maximum Gasteiger partial charge on any atom is 0.328 e. The van der Waals surface area contributed by atoms with Crippen LogP contribution in [0.3, 0.4) is 0 Å². The van der Waals surface area contributed by atoms with Crippen molar-refractivity contribution < 1.29 is 33.7 Å². The summed E-state index contributed by atoms with van der Waals surface area (Å²) in [6.45, 7) is 5.23. The molecule has 1 saturated heterocycles. The molecule has 0 atom stereocenters. The minimum absolute atomic E-state index is 0.139. The Balaban J connectivity index is 0.000000510. The third kappa shape index (κ3) is 8.64. The number of anilines is 3. The molecule has 0 aliphatic carbocycles. The van der Waals surface area contributed by atoms with Crippen LogP contribution < -0.4 is 20.7 Å². The van der Waals surface area contributed by atoms with E-state index in [1.807, 2.05) is 48.2 Å². The van der Waals surface area contributed by atoms with Gasteiger partial charge in [-0.3, -0.25) is 4.57 Å². The zero-order valence-electron chi connectivity index (χ0n) is 24.6. The van der Waals surface area contributed by atoms with Crippen LogP contribution in [0, 0.1) is 5.82 Å². The minimum Gasteiger partial charge on any atom is -0.478 e. The average molecular weight is 618 g/mol. The molecule has 45 heavy (non-hydrogen) atoms. The maximum atomic E-state index is 15.0. The van der Waals surface area contributed by atoms with Crippen LogP contribution in [0.15, 0.2) is 73.0 Å². The number of ether oxygens (including phenoxy) is 1. The highest BCUT2D eigenvalue weighted by atomic mass is 19.1. The lowest BCUT2D eigenvalue weighted by molar-refractivity contribution is -0.134. The van der Waals surface area contributed by atoms with Crippen molar-refractivity contribution in [1.82, 2.24) is 19.4 Å². The molecule has 3 heterocycles. The lowest BCUT2D eigenvalue weighted by atomic mass is 10.2. The molecule has 1 amide bonds. The predicted octanol–water partition coefficient (Wildman–Crippen LogP) is 4.53. The van der Waals surface area contributed by atoms with Gasteiger partial charge in [-0.1, -0.05) is 24.3 Å². The zero-order chi connectivity index (χ0) is 32.5. The highest BCUT2D eigenvalue weighted by molar-refractivity contribution is 5.92. The number of rotatable bonds is 8. The standard InChI is InChI=1S/C27H28FN7O2.C4H4O4/c1-3-5-18-6-4-7-20(16-18)37-25-21-10-11-35(26(29)36)24(21)31-27(32-25)30-19-8-9-23(22(28)17-19)34-14-12-33(2)13-15-34;5-3(6)1-2-4(7)8/h3-11,16-17H,12-15H2,1-2H3,(H2,29,36)(H,30,31,32);1-2H,(H,5,6)(H,7,8)/b5-3+;2-1-. The second kappa shape index (κ2) is 14.6. The first-order valence-corrected chi connectivity index (χ1v) is 13.8. The van der Waals surface area contributed by atoms with Crippen LogP contribution in [0.25, 0.3) is 17.1 Å². The van der Waals surface area contributed by atoms with Crippen molar-refractivity contribution >= 4 is 52.4 Å². The molecular weight excluding hydrogens is 585 g/mol. The molecule has 14 heteroatoms. The predicted molar refractivity (Wildman–Crippen MR) is 168 cm³/mol. The first-order valence-electron chi connectivity index (χ1n) is 13.8. The van der Waals surface area contributed by atoms with Gasteiger partial charge in [0.1, 0.15) is 11.6 Å². The van der Waals surface area contributed by atoms with Gasteiger partial charge in [-0.2, -0.15) is 9.97 Å². The number of carbonyl (C=O) groups is 3. The van der Waals surface area contributed by atoms with Gasteiger partial charge in [0, 0.05) is 50.2 Å². The Morgan fingerprint density at radius 1 is 1.00 bits per heavy atom. The largest absolute Gasteiger partial charge is 0.478 e. The molecule has 0 saturated carbocycles. The molecule has 1 aliphatic heterocycles. The monoisotopic (exact) mass is 617 g/mol. The van der Waals surface area contributed by atoms with Gasteiger partial charge in [-0.15, -0.1) is 0 Å². The van der Waals surface area contributed by atoms with Crippen LogP contribution in [-0.4, -0.2) is 80.8 Å². The quantitative estimate of drug-likeness (QED) is 0.204. The number of carbonyl (C=O) groups excluding carboxylic acids is 1. The average Bonchev–Trinajstić information content (AvgIpc) is 3.42. The zero-order valence-corrected chi connectivity index (χ0v) is 24.6. The molecule has 5 N–H and O–H groups in total. The van der Waals surface area contributed by atoms with E-state index >= 15 is 4.39 Å². The maximum absolute atomic E-state index is 15.0. The van der Waals surface area contributed by atoms with E-state index in [1.54, 1.807) is 18.2 Å². The summed E-state index contributed by atoms with van der Waals surface area (Å²) in [4.78, 5) is 44.3. The summed E-state index contributed by atoms with van der Waals surface area (Å²) in [7, 11) is 2.06. The van der Waals surface area contributed by atoms with Crippen LogP contribution in [-0.2, 0) is 9.59 Å². The number of amides is 1. The number of primary amides is 1. The summed E-state index contributed by atoms with van der Waals surface area (Å²) in [5.41, 5.74) is 7.80. The number of halogens is 1. The summed E-state index contributed by atoms with van der Waals surface area (Å²) in [5.74, 6) is -1.91. The van der Waals surface area contributed by atoms with Crippen molar-refractivity contribution in [2.75, 3.05) is 43.4 Å². The van der Waals surface area contributed by atoms with Crippen molar-refractivity contribution in [3.63, 3.8) is 0 Å². The number of aliphatic carboxylic acids is 2. The van der Waals surface area contributed by atoms with Crippen molar-refractivity contribution in [3.05, 3.63) is 84.3 Å². The highest BCUT2D eigenvalue weighted by Crippen LogP contribution is 2.31. The number of allylic oxidation sites excluding steroid dienone is 1. The number of piperazine rings is 1. The number of likely N-dealkylation sites (N-methyl/N-ethyl adjacent to an activating group) is 1. The molecule has 234 valence electrons. The summed E-state index contributed by atoms with van der Waals surface area (Å²) < 4.78 is 22.4. The topological polar surface area (TPSA) is 176 Å². The minimum atomic E-state index is -1.26. The Bertz CT molecular complexity index is 1750. The van der Waals surface area contributed by atoms with Gasteiger partial charge in [0.05, 0.1) is 11.1 Å². The molecule has 5 rings (SSSR count). The first-order chi connectivity index (χ1) is 21.5. The van der Waals surface area contributed by atoms with Gasteiger partial charge in [0.15, 0.2) is 5.65 Å². The van der Waals surface area contributed by atoms with E-state index < -0.39 is 18.0 Å². The fourth-order valence-corrected chi connectivity index (χ4v) is 4.44. The number of hydrogen-bond acceptors (Lipinski definition) is 9. The Morgan fingerprint density at radius 3 is 2.33 bits per heavy atom.